The third kappa shape index (κ3) is 3.82. The number of benzene rings is 1. The molecule has 0 unspecified atom stereocenters. The van der Waals surface area contributed by atoms with E-state index in [1.165, 1.54) is 30.6 Å². The molecule has 4 aromatic rings. The first-order valence-corrected chi connectivity index (χ1v) is 9.76. The Kier molecular flexibility index (Phi) is 4.99. The van der Waals surface area contributed by atoms with Crippen molar-refractivity contribution in [3.63, 3.8) is 0 Å². The van der Waals surface area contributed by atoms with Gasteiger partial charge in [0, 0.05) is 29.2 Å². The molecule has 10 heteroatoms. The topological polar surface area (TPSA) is 110 Å². The molecular weight excluding hydrogens is 414 g/mol. The van der Waals surface area contributed by atoms with Crippen molar-refractivity contribution >= 4 is 44.9 Å². The van der Waals surface area contributed by atoms with E-state index in [0.29, 0.717) is 15.7 Å². The number of amides is 1. The van der Waals surface area contributed by atoms with E-state index >= 15 is 0 Å². The zero-order valence-corrected chi connectivity index (χ0v) is 16.7. The quantitative estimate of drug-likeness (QED) is 0.520. The van der Waals surface area contributed by atoms with Crippen LogP contribution in [0.5, 0.6) is 0 Å². The fraction of sp³-hybridized carbons (Fsp3) is 0.105. The van der Waals surface area contributed by atoms with Gasteiger partial charge in [-0.2, -0.15) is 0 Å². The zero-order valence-electron chi connectivity index (χ0n) is 15.1. The summed E-state index contributed by atoms with van der Waals surface area (Å²) in [4.78, 5) is 47.9. The average molecular weight is 428 g/mol. The van der Waals surface area contributed by atoms with Crippen LogP contribution in [0.4, 0.5) is 5.13 Å². The summed E-state index contributed by atoms with van der Waals surface area (Å²) in [6.07, 6.45) is 1.32. The summed E-state index contributed by atoms with van der Waals surface area (Å²) in [6, 6.07) is 8.76. The predicted molar refractivity (Wildman–Crippen MR) is 112 cm³/mol. The maximum absolute atomic E-state index is 12.5. The standard InChI is InChI=1S/C19H14ClN5O3S/c1-25-17(27)16-12(23-19(25)28)6-7-21-13(16)8-15(26)24-18-22-14(9-29-18)10-2-4-11(20)5-3-10/h2-7,9H,8H2,1H3,(H,23,28)(H,22,24,26). The molecule has 0 fully saturated rings. The summed E-state index contributed by atoms with van der Waals surface area (Å²) in [5.41, 5.74) is 1.20. The molecule has 3 heterocycles. The molecule has 146 valence electrons. The number of carbonyl (C=O) groups is 1. The first kappa shape index (κ1) is 19.0. The number of carbonyl (C=O) groups excluding carboxylic acids is 1. The summed E-state index contributed by atoms with van der Waals surface area (Å²) in [5, 5.41) is 5.83. The number of thiazole rings is 1. The van der Waals surface area contributed by atoms with Crippen molar-refractivity contribution in [1.82, 2.24) is 19.5 Å². The van der Waals surface area contributed by atoms with Gasteiger partial charge in [-0.15, -0.1) is 11.3 Å². The Morgan fingerprint density at radius 3 is 2.76 bits per heavy atom. The maximum atomic E-state index is 12.5. The molecule has 1 aromatic carbocycles. The lowest BCUT2D eigenvalue weighted by Crippen LogP contribution is -2.33. The Labute approximate surface area is 172 Å². The van der Waals surface area contributed by atoms with Crippen LogP contribution in [-0.2, 0) is 18.3 Å². The van der Waals surface area contributed by atoms with Gasteiger partial charge in [0.15, 0.2) is 5.13 Å². The Morgan fingerprint density at radius 1 is 1.24 bits per heavy atom. The van der Waals surface area contributed by atoms with Gasteiger partial charge in [-0.25, -0.2) is 9.78 Å². The third-order valence-electron chi connectivity index (χ3n) is 4.31. The molecule has 2 N–H and O–H groups in total. The minimum atomic E-state index is -0.526. The molecule has 0 spiro atoms. The van der Waals surface area contributed by atoms with E-state index in [1.807, 2.05) is 17.5 Å². The molecule has 0 bridgehead atoms. The van der Waals surface area contributed by atoms with Crippen molar-refractivity contribution < 1.29 is 4.79 Å². The molecule has 1 amide bonds. The Hall–Kier alpha value is -3.30. The number of nitrogens with one attached hydrogen (secondary N) is 2. The number of H-pyrrole nitrogens is 1. The van der Waals surface area contributed by atoms with Crippen LogP contribution < -0.4 is 16.6 Å². The van der Waals surface area contributed by atoms with Crippen molar-refractivity contribution in [2.24, 2.45) is 7.05 Å². The number of pyridine rings is 1. The Balaban J connectivity index is 1.57. The SMILES string of the molecule is Cn1c(=O)[nH]c2ccnc(CC(=O)Nc3nc(-c4ccc(Cl)cc4)cs3)c2c1=O. The lowest BCUT2D eigenvalue weighted by Gasteiger charge is -2.06. The predicted octanol–water partition coefficient (Wildman–Crippen LogP) is 2.58. The van der Waals surface area contributed by atoms with Crippen molar-refractivity contribution in [1.29, 1.82) is 0 Å². The van der Waals surface area contributed by atoms with E-state index in [9.17, 15) is 14.4 Å². The highest BCUT2D eigenvalue weighted by atomic mass is 35.5. The molecule has 8 nitrogen and oxygen atoms in total. The van der Waals surface area contributed by atoms with Crippen molar-refractivity contribution in [2.75, 3.05) is 5.32 Å². The molecule has 0 aliphatic carbocycles. The number of nitrogens with zero attached hydrogens (tertiary/aromatic N) is 3. The summed E-state index contributed by atoms with van der Waals surface area (Å²) in [7, 11) is 1.37. The normalized spacial score (nSPS) is 11.0. The number of aromatic nitrogens is 4. The second-order valence-electron chi connectivity index (χ2n) is 6.24. The highest BCUT2D eigenvalue weighted by molar-refractivity contribution is 7.14. The van der Waals surface area contributed by atoms with Crippen molar-refractivity contribution in [3.05, 3.63) is 73.5 Å². The lowest BCUT2D eigenvalue weighted by atomic mass is 10.1. The van der Waals surface area contributed by atoms with E-state index in [2.05, 4.69) is 20.3 Å². The molecule has 0 atom stereocenters. The molecule has 0 aliphatic heterocycles. The van der Waals surface area contributed by atoms with Crippen LogP contribution in [0.2, 0.25) is 5.02 Å². The lowest BCUT2D eigenvalue weighted by molar-refractivity contribution is -0.115. The largest absolute Gasteiger partial charge is 0.328 e. The molecule has 4 rings (SSSR count). The van der Waals surface area contributed by atoms with E-state index < -0.39 is 11.2 Å². The van der Waals surface area contributed by atoms with Crippen LogP contribution in [0.3, 0.4) is 0 Å². The van der Waals surface area contributed by atoms with E-state index in [1.54, 1.807) is 12.1 Å². The van der Waals surface area contributed by atoms with Gasteiger partial charge in [-0.1, -0.05) is 23.7 Å². The minimum absolute atomic E-state index is 0.130. The van der Waals surface area contributed by atoms with Crippen LogP contribution in [0.15, 0.2) is 51.5 Å². The van der Waals surface area contributed by atoms with Crippen LogP contribution in [-0.4, -0.2) is 25.4 Å². The summed E-state index contributed by atoms with van der Waals surface area (Å²) in [5.74, 6) is -0.366. The van der Waals surface area contributed by atoms with Crippen LogP contribution in [0.25, 0.3) is 22.2 Å². The van der Waals surface area contributed by atoms with Gasteiger partial charge < -0.3 is 10.3 Å². The molecule has 3 aromatic heterocycles. The zero-order chi connectivity index (χ0) is 20.5. The van der Waals surface area contributed by atoms with Gasteiger partial charge in [0.05, 0.1) is 28.7 Å². The molecule has 0 radical (unpaired) electrons. The molecular formula is C19H14ClN5O3S. The van der Waals surface area contributed by atoms with Crippen LogP contribution in [0.1, 0.15) is 5.69 Å². The highest BCUT2D eigenvalue weighted by Gasteiger charge is 2.15. The number of hydrogen-bond acceptors (Lipinski definition) is 6. The fourth-order valence-corrected chi connectivity index (χ4v) is 3.70. The first-order valence-electron chi connectivity index (χ1n) is 8.50. The molecule has 0 saturated carbocycles. The van der Waals surface area contributed by atoms with Gasteiger partial charge >= 0.3 is 5.69 Å². The summed E-state index contributed by atoms with van der Waals surface area (Å²) in [6.45, 7) is 0. The van der Waals surface area contributed by atoms with Gasteiger partial charge in [0.2, 0.25) is 5.91 Å². The summed E-state index contributed by atoms with van der Waals surface area (Å²) >= 11 is 7.19. The number of aromatic amines is 1. The maximum Gasteiger partial charge on any atom is 0.328 e. The second-order valence-corrected chi connectivity index (χ2v) is 7.54. The van der Waals surface area contributed by atoms with Crippen LogP contribution >= 0.6 is 22.9 Å². The molecule has 0 aliphatic rings. The Morgan fingerprint density at radius 2 is 2.00 bits per heavy atom. The first-order chi connectivity index (χ1) is 13.9. The highest BCUT2D eigenvalue weighted by Crippen LogP contribution is 2.26. The number of rotatable bonds is 4. The Bertz CT molecular complexity index is 1340. The smallest absolute Gasteiger partial charge is 0.307 e. The second kappa shape index (κ2) is 7.61. The van der Waals surface area contributed by atoms with E-state index in [0.717, 1.165) is 15.8 Å². The molecule has 0 saturated heterocycles. The van der Waals surface area contributed by atoms with E-state index in [4.69, 9.17) is 11.6 Å². The number of hydrogen-bond donors (Lipinski definition) is 2. The molecule has 29 heavy (non-hydrogen) atoms. The fourth-order valence-electron chi connectivity index (χ4n) is 2.84. The number of halogens is 1. The van der Waals surface area contributed by atoms with Crippen molar-refractivity contribution in [2.45, 2.75) is 6.42 Å². The van der Waals surface area contributed by atoms with Crippen molar-refractivity contribution in [3.8, 4) is 11.3 Å². The number of fused-ring (bicyclic) bond motifs is 1. The van der Waals surface area contributed by atoms with E-state index in [-0.39, 0.29) is 23.4 Å². The van der Waals surface area contributed by atoms with Gasteiger partial charge in [-0.05, 0) is 18.2 Å². The van der Waals surface area contributed by atoms with Crippen LogP contribution in [0, 0.1) is 0 Å². The monoisotopic (exact) mass is 427 g/mol. The summed E-state index contributed by atoms with van der Waals surface area (Å²) < 4.78 is 0.949. The average Bonchev–Trinajstić information content (AvgIpc) is 3.15. The minimum Gasteiger partial charge on any atom is -0.307 e. The van der Waals surface area contributed by atoms with Gasteiger partial charge in [0.1, 0.15) is 0 Å². The third-order valence-corrected chi connectivity index (χ3v) is 5.32. The van der Waals surface area contributed by atoms with Gasteiger partial charge in [-0.3, -0.25) is 19.1 Å². The number of anilines is 1. The van der Waals surface area contributed by atoms with Gasteiger partial charge in [0.25, 0.3) is 5.56 Å².